The van der Waals surface area contributed by atoms with Crippen LogP contribution in [0.3, 0.4) is 0 Å². The van der Waals surface area contributed by atoms with Gasteiger partial charge in [-0.05, 0) is 40.5 Å². The van der Waals surface area contributed by atoms with Crippen LogP contribution in [0.15, 0.2) is 0 Å². The number of hydrogen-bond donors (Lipinski definition) is 0. The lowest BCUT2D eigenvalue weighted by Gasteiger charge is -2.18. The molecule has 0 fully saturated rings. The van der Waals surface area contributed by atoms with Crippen LogP contribution in [-0.4, -0.2) is 49.8 Å². The summed E-state index contributed by atoms with van der Waals surface area (Å²) in [4.78, 5) is 13.7. The minimum absolute atomic E-state index is 0.227. The molecule has 0 bridgehead atoms. The number of hydrogen-bond acceptors (Lipinski definition) is 3. The normalized spacial score (nSPS) is 11.4. The van der Waals surface area contributed by atoms with Gasteiger partial charge in [0.05, 0.1) is 18.8 Å². The van der Waals surface area contributed by atoms with E-state index < -0.39 is 0 Å². The molecule has 0 aliphatic carbocycles. The van der Waals surface area contributed by atoms with Gasteiger partial charge in [0.25, 0.3) is 0 Å². The van der Waals surface area contributed by atoms with Gasteiger partial charge in [-0.1, -0.05) is 19.3 Å². The first kappa shape index (κ1) is 20.4. The molecule has 0 N–H and O–H groups in total. The van der Waals surface area contributed by atoms with Crippen LogP contribution >= 0.6 is 0 Å². The first-order chi connectivity index (χ1) is 9.93. The molecule has 0 aliphatic rings. The van der Waals surface area contributed by atoms with Gasteiger partial charge in [0.2, 0.25) is 5.91 Å². The molecule has 0 aromatic rings. The largest absolute Gasteiger partial charge is 0.379 e. The summed E-state index contributed by atoms with van der Waals surface area (Å²) in [6.07, 6.45) is 6.84. The smallest absolute Gasteiger partial charge is 0.222 e. The molecule has 4 nitrogen and oxygen atoms in total. The Hall–Kier alpha value is -0.610. The monoisotopic (exact) mass is 301 g/mol. The van der Waals surface area contributed by atoms with E-state index in [0.29, 0.717) is 25.7 Å². The number of likely N-dealkylation sites (N-methyl/N-ethyl adjacent to an activating group) is 1. The van der Waals surface area contributed by atoms with E-state index in [2.05, 4.69) is 13.8 Å². The molecule has 0 radical (unpaired) electrons. The van der Waals surface area contributed by atoms with Crippen molar-refractivity contribution in [1.82, 2.24) is 4.90 Å². The van der Waals surface area contributed by atoms with Crippen molar-refractivity contribution in [1.29, 1.82) is 0 Å². The lowest BCUT2D eigenvalue weighted by atomic mass is 10.1. The van der Waals surface area contributed by atoms with Crippen LogP contribution in [-0.2, 0) is 14.3 Å². The molecule has 21 heavy (non-hydrogen) atoms. The van der Waals surface area contributed by atoms with Crippen LogP contribution < -0.4 is 0 Å². The average Bonchev–Trinajstić information content (AvgIpc) is 2.40. The summed E-state index contributed by atoms with van der Waals surface area (Å²) in [6.45, 7) is 10.3. The fraction of sp³-hybridized carbons (Fsp3) is 0.941. The fourth-order valence-electron chi connectivity index (χ4n) is 1.97. The molecule has 0 unspecified atom stereocenters. The Morgan fingerprint density at radius 3 is 2.00 bits per heavy atom. The quantitative estimate of drug-likeness (QED) is 0.488. The minimum atomic E-state index is 0.227. The third kappa shape index (κ3) is 14.1. The number of unbranched alkanes of at least 4 members (excludes halogenated alkanes) is 4. The van der Waals surface area contributed by atoms with Crippen LogP contribution in [0.2, 0.25) is 0 Å². The zero-order valence-electron chi connectivity index (χ0n) is 14.7. The second-order valence-corrected chi connectivity index (χ2v) is 6.17. The van der Waals surface area contributed by atoms with Crippen LogP contribution in [0, 0.1) is 0 Å². The van der Waals surface area contributed by atoms with Crippen molar-refractivity contribution >= 4 is 5.91 Å². The van der Waals surface area contributed by atoms with Crippen molar-refractivity contribution in [2.24, 2.45) is 0 Å². The molecule has 126 valence electrons. The maximum atomic E-state index is 11.9. The second-order valence-electron chi connectivity index (χ2n) is 6.17. The van der Waals surface area contributed by atoms with Gasteiger partial charge in [0, 0.05) is 26.6 Å². The summed E-state index contributed by atoms with van der Waals surface area (Å²) in [5.74, 6) is 0.227. The Kier molecular flexibility index (Phi) is 12.7. The van der Waals surface area contributed by atoms with Gasteiger partial charge in [0.1, 0.15) is 0 Å². The highest BCUT2D eigenvalue weighted by molar-refractivity contribution is 5.75. The zero-order valence-corrected chi connectivity index (χ0v) is 14.7. The van der Waals surface area contributed by atoms with Gasteiger partial charge in [0.15, 0.2) is 0 Å². The highest BCUT2D eigenvalue weighted by Gasteiger charge is 2.08. The van der Waals surface area contributed by atoms with Crippen LogP contribution in [0.25, 0.3) is 0 Å². The summed E-state index contributed by atoms with van der Waals surface area (Å²) in [5, 5.41) is 0. The average molecular weight is 301 g/mol. The van der Waals surface area contributed by atoms with Crippen molar-refractivity contribution in [3.8, 4) is 0 Å². The third-order valence-electron chi connectivity index (χ3n) is 3.29. The van der Waals surface area contributed by atoms with Crippen molar-refractivity contribution in [2.45, 2.75) is 78.4 Å². The molecule has 0 saturated carbocycles. The Bertz CT molecular complexity index is 254. The Morgan fingerprint density at radius 1 is 0.857 bits per heavy atom. The number of amides is 1. The minimum Gasteiger partial charge on any atom is -0.379 e. The van der Waals surface area contributed by atoms with E-state index >= 15 is 0 Å². The van der Waals surface area contributed by atoms with Crippen LogP contribution in [0.1, 0.15) is 66.2 Å². The highest BCUT2D eigenvalue weighted by atomic mass is 16.5. The predicted molar refractivity (Wildman–Crippen MR) is 87.5 cm³/mol. The topological polar surface area (TPSA) is 38.8 Å². The van der Waals surface area contributed by atoms with E-state index in [4.69, 9.17) is 9.47 Å². The molecular weight excluding hydrogens is 266 g/mol. The summed E-state index contributed by atoms with van der Waals surface area (Å²) < 4.78 is 11.0. The lowest BCUT2D eigenvalue weighted by molar-refractivity contribution is -0.130. The molecule has 4 heteroatoms. The van der Waals surface area contributed by atoms with Crippen LogP contribution in [0.4, 0.5) is 0 Å². The second kappa shape index (κ2) is 13.1. The van der Waals surface area contributed by atoms with Gasteiger partial charge in [-0.15, -0.1) is 0 Å². The summed E-state index contributed by atoms with van der Waals surface area (Å²) in [6, 6.07) is 0. The highest BCUT2D eigenvalue weighted by Crippen LogP contribution is 2.07. The van der Waals surface area contributed by atoms with E-state index in [-0.39, 0.29) is 12.0 Å². The molecule has 0 saturated heterocycles. The van der Waals surface area contributed by atoms with Gasteiger partial charge in [-0.25, -0.2) is 0 Å². The molecule has 0 aromatic carbocycles. The standard InChI is InChI=1S/C17H35NO3/c1-15(2)20-13-10-8-6-7-9-11-17(19)18(5)12-14-21-16(3)4/h15-16H,6-14H2,1-5H3. The summed E-state index contributed by atoms with van der Waals surface area (Å²) in [7, 11) is 1.86. The number of carbonyl (C=O) groups is 1. The number of rotatable bonds is 13. The first-order valence-electron chi connectivity index (χ1n) is 8.40. The Balaban J connectivity index is 3.40. The van der Waals surface area contributed by atoms with Gasteiger partial charge < -0.3 is 14.4 Å². The van der Waals surface area contributed by atoms with Crippen molar-refractivity contribution < 1.29 is 14.3 Å². The predicted octanol–water partition coefficient (Wildman–Crippen LogP) is 3.64. The number of carbonyl (C=O) groups excluding carboxylic acids is 1. The fourth-order valence-corrected chi connectivity index (χ4v) is 1.97. The lowest BCUT2D eigenvalue weighted by Crippen LogP contribution is -2.30. The Labute approximate surface area is 131 Å². The third-order valence-corrected chi connectivity index (χ3v) is 3.29. The summed E-state index contributed by atoms with van der Waals surface area (Å²) >= 11 is 0. The van der Waals surface area contributed by atoms with E-state index in [1.165, 1.54) is 12.8 Å². The molecule has 0 heterocycles. The first-order valence-corrected chi connectivity index (χ1v) is 8.40. The molecule has 0 spiro atoms. The van der Waals surface area contributed by atoms with Crippen molar-refractivity contribution in [3.63, 3.8) is 0 Å². The number of ether oxygens (including phenoxy) is 2. The van der Waals surface area contributed by atoms with Crippen molar-refractivity contribution in [2.75, 3.05) is 26.8 Å². The van der Waals surface area contributed by atoms with Crippen LogP contribution in [0.5, 0.6) is 0 Å². The molecule has 1 amide bonds. The van der Waals surface area contributed by atoms with Crippen molar-refractivity contribution in [3.05, 3.63) is 0 Å². The molecule has 0 rings (SSSR count). The maximum Gasteiger partial charge on any atom is 0.222 e. The van der Waals surface area contributed by atoms with Gasteiger partial charge in [-0.2, -0.15) is 0 Å². The van der Waals surface area contributed by atoms with E-state index in [1.807, 2.05) is 20.9 Å². The molecule has 0 aromatic heterocycles. The SMILES string of the molecule is CC(C)OCCCCCCCC(=O)N(C)CCOC(C)C. The molecule has 0 atom stereocenters. The van der Waals surface area contributed by atoms with Gasteiger partial charge in [-0.3, -0.25) is 4.79 Å². The Morgan fingerprint density at radius 2 is 1.38 bits per heavy atom. The van der Waals surface area contributed by atoms with E-state index in [1.54, 1.807) is 4.90 Å². The van der Waals surface area contributed by atoms with E-state index in [9.17, 15) is 4.79 Å². The van der Waals surface area contributed by atoms with E-state index in [0.717, 1.165) is 25.9 Å². The summed E-state index contributed by atoms with van der Waals surface area (Å²) in [5.41, 5.74) is 0. The molecular formula is C17H35NO3. The molecule has 0 aliphatic heterocycles. The number of nitrogens with zero attached hydrogens (tertiary/aromatic N) is 1. The maximum absolute atomic E-state index is 11.9. The van der Waals surface area contributed by atoms with Gasteiger partial charge >= 0.3 is 0 Å². The zero-order chi connectivity index (χ0) is 16.1.